The minimum absolute atomic E-state index is 0.0558. The second kappa shape index (κ2) is 8.47. The zero-order chi connectivity index (χ0) is 21.2. The van der Waals surface area contributed by atoms with E-state index in [1.54, 1.807) is 24.2 Å². The van der Waals surface area contributed by atoms with E-state index in [9.17, 15) is 4.79 Å². The predicted molar refractivity (Wildman–Crippen MR) is 116 cm³/mol. The van der Waals surface area contributed by atoms with Crippen LogP contribution < -0.4 is 5.32 Å². The molecule has 1 saturated carbocycles. The molecule has 1 aliphatic carbocycles. The van der Waals surface area contributed by atoms with E-state index >= 15 is 0 Å². The van der Waals surface area contributed by atoms with E-state index in [4.69, 9.17) is 4.74 Å². The number of hydrogen-bond donors (Lipinski definition) is 1. The van der Waals surface area contributed by atoms with E-state index in [0.717, 1.165) is 37.4 Å². The number of aromatic nitrogens is 4. The van der Waals surface area contributed by atoms with Gasteiger partial charge in [0.2, 0.25) is 0 Å². The van der Waals surface area contributed by atoms with Gasteiger partial charge in [-0.15, -0.1) is 5.10 Å². The highest BCUT2D eigenvalue weighted by Gasteiger charge is 2.44. The number of carbonyl (C=O) groups is 1. The minimum Gasteiger partial charge on any atom is -0.379 e. The second-order valence-electron chi connectivity index (χ2n) is 8.33. The number of benzene rings is 1. The number of fused-ring (bicyclic) bond motifs is 1. The van der Waals surface area contributed by atoms with E-state index in [2.05, 4.69) is 20.6 Å². The molecule has 1 aromatic carbocycles. The maximum Gasteiger partial charge on any atom is 0.276 e. The SMILES string of the molecule is CO[C@@H]1C[C@H]2CN(C(=O)c3cn(-c4ccccc4)nn3)C[C@H]2C[C@H]1Nc1ccccn1. The first-order valence-corrected chi connectivity index (χ1v) is 10.7. The lowest BCUT2D eigenvalue weighted by Gasteiger charge is -2.37. The van der Waals surface area contributed by atoms with Gasteiger partial charge in [0.25, 0.3) is 5.91 Å². The molecule has 0 bridgehead atoms. The van der Waals surface area contributed by atoms with Gasteiger partial charge in [-0.25, -0.2) is 9.67 Å². The Morgan fingerprint density at radius 3 is 2.58 bits per heavy atom. The van der Waals surface area contributed by atoms with Crippen molar-refractivity contribution in [2.75, 3.05) is 25.5 Å². The van der Waals surface area contributed by atoms with Crippen LogP contribution in [0.5, 0.6) is 0 Å². The molecule has 160 valence electrons. The third kappa shape index (κ3) is 4.03. The van der Waals surface area contributed by atoms with Gasteiger partial charge in [-0.2, -0.15) is 0 Å². The highest BCUT2D eigenvalue weighted by molar-refractivity contribution is 5.92. The molecule has 1 N–H and O–H groups in total. The summed E-state index contributed by atoms with van der Waals surface area (Å²) < 4.78 is 7.44. The molecule has 8 heteroatoms. The number of amides is 1. The van der Waals surface area contributed by atoms with Crippen LogP contribution in [0.15, 0.2) is 60.9 Å². The van der Waals surface area contributed by atoms with E-state index < -0.39 is 0 Å². The molecular formula is C23H26N6O2. The van der Waals surface area contributed by atoms with Crippen LogP contribution >= 0.6 is 0 Å². The summed E-state index contributed by atoms with van der Waals surface area (Å²) in [5.74, 6) is 1.66. The molecule has 5 rings (SSSR count). The van der Waals surface area contributed by atoms with Gasteiger partial charge in [-0.3, -0.25) is 4.79 Å². The van der Waals surface area contributed by atoms with Crippen LogP contribution in [0.4, 0.5) is 5.82 Å². The van der Waals surface area contributed by atoms with Gasteiger partial charge >= 0.3 is 0 Å². The number of methoxy groups -OCH3 is 1. The summed E-state index contributed by atoms with van der Waals surface area (Å²) in [6.45, 7) is 1.47. The van der Waals surface area contributed by atoms with Gasteiger partial charge in [-0.05, 0) is 48.9 Å². The summed E-state index contributed by atoms with van der Waals surface area (Å²) in [4.78, 5) is 19.4. The maximum atomic E-state index is 13.1. The molecule has 1 amide bonds. The molecule has 1 saturated heterocycles. The first-order valence-electron chi connectivity index (χ1n) is 10.7. The Labute approximate surface area is 181 Å². The largest absolute Gasteiger partial charge is 0.379 e. The number of ether oxygens (including phenoxy) is 1. The van der Waals surface area contributed by atoms with Crippen LogP contribution in [0.25, 0.3) is 5.69 Å². The molecule has 0 unspecified atom stereocenters. The number of rotatable bonds is 5. The van der Waals surface area contributed by atoms with Gasteiger partial charge in [-0.1, -0.05) is 29.5 Å². The average Bonchev–Trinajstić information content (AvgIpc) is 3.47. The third-order valence-corrected chi connectivity index (χ3v) is 6.44. The molecular weight excluding hydrogens is 392 g/mol. The van der Waals surface area contributed by atoms with Crippen LogP contribution in [-0.4, -0.2) is 63.1 Å². The van der Waals surface area contributed by atoms with Crippen molar-refractivity contribution in [2.45, 2.75) is 25.0 Å². The maximum absolute atomic E-state index is 13.1. The lowest BCUT2D eigenvalue weighted by molar-refractivity contribution is 0.0304. The van der Waals surface area contributed by atoms with E-state index in [0.29, 0.717) is 17.5 Å². The molecule has 2 fully saturated rings. The minimum atomic E-state index is -0.0558. The smallest absolute Gasteiger partial charge is 0.276 e. The van der Waals surface area contributed by atoms with Crippen LogP contribution in [0, 0.1) is 11.8 Å². The monoisotopic (exact) mass is 418 g/mol. The first kappa shape index (κ1) is 19.7. The van der Waals surface area contributed by atoms with Crippen LogP contribution in [0.2, 0.25) is 0 Å². The highest BCUT2D eigenvalue weighted by Crippen LogP contribution is 2.38. The van der Waals surface area contributed by atoms with Crippen molar-refractivity contribution in [3.8, 4) is 5.69 Å². The molecule has 2 aliphatic rings. The Morgan fingerprint density at radius 2 is 1.84 bits per heavy atom. The van der Waals surface area contributed by atoms with Crippen molar-refractivity contribution in [3.05, 3.63) is 66.6 Å². The Morgan fingerprint density at radius 1 is 1.06 bits per heavy atom. The van der Waals surface area contributed by atoms with Gasteiger partial charge < -0.3 is 15.0 Å². The number of hydrogen-bond acceptors (Lipinski definition) is 6. The molecule has 3 aromatic rings. The lowest BCUT2D eigenvalue weighted by Crippen LogP contribution is -2.44. The van der Waals surface area contributed by atoms with Crippen molar-refractivity contribution in [1.29, 1.82) is 0 Å². The van der Waals surface area contributed by atoms with Crippen molar-refractivity contribution < 1.29 is 9.53 Å². The molecule has 1 aliphatic heterocycles. The Kier molecular flexibility index (Phi) is 5.38. The number of pyridine rings is 1. The summed E-state index contributed by atoms with van der Waals surface area (Å²) >= 11 is 0. The summed E-state index contributed by atoms with van der Waals surface area (Å²) in [5.41, 5.74) is 1.27. The van der Waals surface area contributed by atoms with Gasteiger partial charge in [0, 0.05) is 26.4 Å². The van der Waals surface area contributed by atoms with Gasteiger partial charge in [0.1, 0.15) is 5.82 Å². The first-order chi connectivity index (χ1) is 15.2. The van der Waals surface area contributed by atoms with Crippen LogP contribution in [-0.2, 0) is 4.74 Å². The number of anilines is 1. The Balaban J connectivity index is 1.27. The predicted octanol–water partition coefficient (Wildman–Crippen LogP) is 2.64. The van der Waals surface area contributed by atoms with Crippen molar-refractivity contribution >= 4 is 11.7 Å². The second-order valence-corrected chi connectivity index (χ2v) is 8.33. The summed E-state index contributed by atoms with van der Waals surface area (Å²) in [5, 5.41) is 11.8. The van der Waals surface area contributed by atoms with Crippen molar-refractivity contribution in [2.24, 2.45) is 11.8 Å². The summed E-state index contributed by atoms with van der Waals surface area (Å²) in [7, 11) is 1.76. The average molecular weight is 419 g/mol. The zero-order valence-corrected chi connectivity index (χ0v) is 17.5. The molecule has 0 radical (unpaired) electrons. The number of nitrogens with one attached hydrogen (secondary N) is 1. The van der Waals surface area contributed by atoms with Crippen LogP contribution in [0.3, 0.4) is 0 Å². The summed E-state index contributed by atoms with van der Waals surface area (Å²) in [6, 6.07) is 15.7. The fourth-order valence-electron chi connectivity index (χ4n) is 4.86. The van der Waals surface area contributed by atoms with E-state index in [-0.39, 0.29) is 18.1 Å². The third-order valence-electron chi connectivity index (χ3n) is 6.44. The molecule has 31 heavy (non-hydrogen) atoms. The van der Waals surface area contributed by atoms with E-state index in [1.807, 2.05) is 53.4 Å². The number of likely N-dealkylation sites (tertiary alicyclic amines) is 1. The topological polar surface area (TPSA) is 85.2 Å². The quantitative estimate of drug-likeness (QED) is 0.686. The lowest BCUT2D eigenvalue weighted by atomic mass is 9.77. The molecule has 8 nitrogen and oxygen atoms in total. The van der Waals surface area contributed by atoms with Crippen molar-refractivity contribution in [1.82, 2.24) is 24.9 Å². The molecule has 0 spiro atoms. The summed E-state index contributed by atoms with van der Waals surface area (Å²) in [6.07, 6.45) is 5.46. The number of carbonyl (C=O) groups excluding carboxylic acids is 1. The Bertz CT molecular complexity index is 1020. The molecule has 4 atom stereocenters. The number of para-hydroxylation sites is 1. The standard InChI is InChI=1S/C23H26N6O2/c1-31-21-12-17-14-28(13-16(17)11-19(21)25-22-9-5-6-10-24-22)23(30)20-15-29(27-26-20)18-7-3-2-4-8-18/h2-10,15-17,19,21H,11-14H2,1H3,(H,24,25)/t16-,17+,19-,21-/m1/s1. The highest BCUT2D eigenvalue weighted by atomic mass is 16.5. The zero-order valence-electron chi connectivity index (χ0n) is 17.5. The van der Waals surface area contributed by atoms with Gasteiger partial charge in [0.05, 0.1) is 24.0 Å². The number of nitrogens with zero attached hydrogens (tertiary/aromatic N) is 5. The molecule has 3 heterocycles. The fraction of sp³-hybridized carbons (Fsp3) is 0.391. The fourth-order valence-corrected chi connectivity index (χ4v) is 4.86. The van der Waals surface area contributed by atoms with Crippen LogP contribution in [0.1, 0.15) is 23.3 Å². The normalized spacial score (nSPS) is 25.3. The van der Waals surface area contributed by atoms with Gasteiger partial charge in [0.15, 0.2) is 5.69 Å². The Hall–Kier alpha value is -3.26. The van der Waals surface area contributed by atoms with E-state index in [1.165, 1.54) is 0 Å². The molecule has 2 aromatic heterocycles. The van der Waals surface area contributed by atoms with Crippen molar-refractivity contribution in [3.63, 3.8) is 0 Å².